The molecule has 0 N–H and O–H groups in total. The van der Waals surface area contributed by atoms with E-state index in [1.54, 1.807) is 6.07 Å². The highest BCUT2D eigenvalue weighted by atomic mass is 19.1. The predicted molar refractivity (Wildman–Crippen MR) is 118 cm³/mol. The average Bonchev–Trinajstić information content (AvgIpc) is 3.33. The van der Waals surface area contributed by atoms with Gasteiger partial charge in [-0.3, -0.25) is 0 Å². The van der Waals surface area contributed by atoms with Crippen LogP contribution in [0.5, 0.6) is 5.75 Å². The fourth-order valence-electron chi connectivity index (χ4n) is 3.76. The number of hydrogen-bond donors (Lipinski definition) is 0. The second-order valence-corrected chi connectivity index (χ2v) is 8.21. The number of hydrogen-bond acceptors (Lipinski definition) is 5. The van der Waals surface area contributed by atoms with Crippen LogP contribution in [-0.4, -0.2) is 28.6 Å². The van der Waals surface area contributed by atoms with Crippen LogP contribution in [0.25, 0.3) is 11.4 Å². The Hall–Kier alpha value is -2.34. The van der Waals surface area contributed by atoms with E-state index in [9.17, 15) is 9.18 Å². The summed E-state index contributed by atoms with van der Waals surface area (Å²) in [5.74, 6) is -0.813. The Bertz CT molecular complexity index is 820. The summed E-state index contributed by atoms with van der Waals surface area (Å²) in [6.07, 6.45) is 15.7. The molecule has 6 heteroatoms. The molecule has 1 saturated heterocycles. The zero-order chi connectivity index (χ0) is 21.9. The standard InChI is InChI=1S/C25H33FN2O3/c1-2-3-4-5-6-7-8-9-11-19-17-27-24(28-18-19)20-13-14-22(21(26)16-20)31-25(29)23-12-10-15-30-23/h13-14,16-18,23H,2-12,15H2,1H3. The van der Waals surface area contributed by atoms with Crippen LogP contribution < -0.4 is 4.74 Å². The molecule has 1 aliphatic heterocycles. The first-order chi connectivity index (χ1) is 15.2. The molecule has 0 aliphatic carbocycles. The van der Waals surface area contributed by atoms with Crippen molar-refractivity contribution in [2.45, 2.75) is 83.7 Å². The lowest BCUT2D eigenvalue weighted by Gasteiger charge is -2.10. The first kappa shape index (κ1) is 23.3. The molecule has 31 heavy (non-hydrogen) atoms. The van der Waals surface area contributed by atoms with E-state index in [2.05, 4.69) is 16.9 Å². The summed E-state index contributed by atoms with van der Waals surface area (Å²) >= 11 is 0. The third-order valence-electron chi connectivity index (χ3n) is 5.62. The van der Waals surface area contributed by atoms with Gasteiger partial charge in [0.15, 0.2) is 23.5 Å². The Labute approximate surface area is 184 Å². The number of benzene rings is 1. The van der Waals surface area contributed by atoms with Gasteiger partial charge in [-0.1, -0.05) is 51.9 Å². The quantitative estimate of drug-likeness (QED) is 0.234. The first-order valence-corrected chi connectivity index (χ1v) is 11.6. The van der Waals surface area contributed by atoms with Crippen LogP contribution in [0.2, 0.25) is 0 Å². The van der Waals surface area contributed by atoms with Crippen molar-refractivity contribution in [1.29, 1.82) is 0 Å². The van der Waals surface area contributed by atoms with Gasteiger partial charge >= 0.3 is 5.97 Å². The lowest BCUT2D eigenvalue weighted by atomic mass is 10.1. The number of carbonyl (C=O) groups is 1. The van der Waals surface area contributed by atoms with Crippen molar-refractivity contribution in [1.82, 2.24) is 9.97 Å². The van der Waals surface area contributed by atoms with Crippen LogP contribution in [0, 0.1) is 5.82 Å². The van der Waals surface area contributed by atoms with Crippen LogP contribution >= 0.6 is 0 Å². The Morgan fingerprint density at radius 2 is 1.81 bits per heavy atom. The molecule has 1 atom stereocenters. The molecule has 2 heterocycles. The summed E-state index contributed by atoms with van der Waals surface area (Å²) in [6.45, 7) is 2.77. The monoisotopic (exact) mass is 428 g/mol. The lowest BCUT2D eigenvalue weighted by Crippen LogP contribution is -2.25. The van der Waals surface area contributed by atoms with Gasteiger partial charge in [-0.15, -0.1) is 0 Å². The topological polar surface area (TPSA) is 61.3 Å². The summed E-state index contributed by atoms with van der Waals surface area (Å²) in [5, 5.41) is 0. The van der Waals surface area contributed by atoms with Crippen molar-refractivity contribution < 1.29 is 18.7 Å². The number of aromatic nitrogens is 2. The molecule has 1 aliphatic rings. The molecule has 5 nitrogen and oxygen atoms in total. The summed E-state index contributed by atoms with van der Waals surface area (Å²) < 4.78 is 24.9. The Morgan fingerprint density at radius 3 is 2.45 bits per heavy atom. The lowest BCUT2D eigenvalue weighted by molar-refractivity contribution is -0.144. The summed E-state index contributed by atoms with van der Waals surface area (Å²) in [7, 11) is 0. The second-order valence-electron chi connectivity index (χ2n) is 8.21. The normalized spacial score (nSPS) is 15.9. The van der Waals surface area contributed by atoms with Crippen LogP contribution in [0.15, 0.2) is 30.6 Å². The van der Waals surface area contributed by atoms with E-state index in [0.29, 0.717) is 24.4 Å². The number of esters is 1. The van der Waals surface area contributed by atoms with E-state index in [1.165, 1.54) is 57.1 Å². The van der Waals surface area contributed by atoms with Gasteiger partial charge in [0.25, 0.3) is 0 Å². The minimum Gasteiger partial charge on any atom is -0.421 e. The van der Waals surface area contributed by atoms with E-state index in [4.69, 9.17) is 9.47 Å². The molecular formula is C25H33FN2O3. The molecule has 1 unspecified atom stereocenters. The van der Waals surface area contributed by atoms with Crippen molar-refractivity contribution in [3.63, 3.8) is 0 Å². The zero-order valence-electron chi connectivity index (χ0n) is 18.4. The molecule has 2 aromatic rings. The van der Waals surface area contributed by atoms with E-state index < -0.39 is 17.9 Å². The van der Waals surface area contributed by atoms with E-state index >= 15 is 0 Å². The van der Waals surface area contributed by atoms with Crippen LogP contribution in [-0.2, 0) is 16.0 Å². The Morgan fingerprint density at radius 1 is 1.10 bits per heavy atom. The maximum atomic E-state index is 14.4. The van der Waals surface area contributed by atoms with Gasteiger partial charge in [0, 0.05) is 24.6 Å². The molecular weight excluding hydrogens is 395 g/mol. The number of ether oxygens (including phenoxy) is 2. The number of unbranched alkanes of at least 4 members (excludes halogenated alkanes) is 7. The van der Waals surface area contributed by atoms with Gasteiger partial charge in [-0.25, -0.2) is 19.2 Å². The van der Waals surface area contributed by atoms with Gasteiger partial charge in [-0.05, 0) is 49.4 Å². The van der Waals surface area contributed by atoms with Crippen LogP contribution in [0.3, 0.4) is 0 Å². The number of halogens is 1. The maximum absolute atomic E-state index is 14.4. The van der Waals surface area contributed by atoms with Crippen molar-refractivity contribution in [2.24, 2.45) is 0 Å². The third-order valence-corrected chi connectivity index (χ3v) is 5.62. The van der Waals surface area contributed by atoms with Gasteiger partial charge in [0.2, 0.25) is 0 Å². The fourth-order valence-corrected chi connectivity index (χ4v) is 3.76. The molecule has 0 bridgehead atoms. The maximum Gasteiger partial charge on any atom is 0.340 e. The molecule has 1 aromatic carbocycles. The second kappa shape index (κ2) is 12.5. The molecule has 0 amide bonds. The van der Waals surface area contributed by atoms with Gasteiger partial charge in [-0.2, -0.15) is 0 Å². The zero-order valence-corrected chi connectivity index (χ0v) is 18.4. The third kappa shape index (κ3) is 7.39. The highest BCUT2D eigenvalue weighted by Crippen LogP contribution is 2.25. The Kier molecular flexibility index (Phi) is 9.40. The van der Waals surface area contributed by atoms with Gasteiger partial charge in [0.1, 0.15) is 0 Å². The van der Waals surface area contributed by atoms with E-state index in [-0.39, 0.29) is 5.75 Å². The minimum absolute atomic E-state index is 0.101. The summed E-state index contributed by atoms with van der Waals surface area (Å²) in [4.78, 5) is 20.8. The number of carbonyl (C=O) groups excluding carboxylic acids is 1. The van der Waals surface area contributed by atoms with Gasteiger partial charge in [0.05, 0.1) is 0 Å². The summed E-state index contributed by atoms with van der Waals surface area (Å²) in [6, 6.07) is 4.40. The van der Waals surface area contributed by atoms with Gasteiger partial charge < -0.3 is 9.47 Å². The van der Waals surface area contributed by atoms with E-state index in [0.717, 1.165) is 24.8 Å². The van der Waals surface area contributed by atoms with Crippen molar-refractivity contribution in [3.8, 4) is 17.1 Å². The largest absolute Gasteiger partial charge is 0.421 e. The van der Waals surface area contributed by atoms with E-state index in [1.807, 2.05) is 12.4 Å². The molecule has 0 spiro atoms. The highest BCUT2D eigenvalue weighted by Gasteiger charge is 2.26. The predicted octanol–water partition coefficient (Wildman–Crippen LogP) is 6.05. The minimum atomic E-state index is -0.615. The molecule has 1 fully saturated rings. The van der Waals surface area contributed by atoms with Crippen LogP contribution in [0.1, 0.15) is 76.7 Å². The molecule has 1 aromatic heterocycles. The molecule has 0 saturated carbocycles. The van der Waals surface area contributed by atoms with Crippen molar-refractivity contribution >= 4 is 5.97 Å². The number of aryl methyl sites for hydroxylation is 1. The highest BCUT2D eigenvalue weighted by molar-refractivity contribution is 5.77. The average molecular weight is 429 g/mol. The van der Waals surface area contributed by atoms with Crippen molar-refractivity contribution in [2.75, 3.05) is 6.61 Å². The SMILES string of the molecule is CCCCCCCCCCc1cnc(-c2ccc(OC(=O)C3CCCO3)c(F)c2)nc1. The van der Waals surface area contributed by atoms with Crippen LogP contribution in [0.4, 0.5) is 4.39 Å². The first-order valence-electron chi connectivity index (χ1n) is 11.6. The molecule has 0 radical (unpaired) electrons. The Balaban J connectivity index is 1.45. The number of rotatable bonds is 12. The summed E-state index contributed by atoms with van der Waals surface area (Å²) in [5.41, 5.74) is 1.64. The van der Waals surface area contributed by atoms with Crippen molar-refractivity contribution in [3.05, 3.63) is 42.0 Å². The molecule has 3 rings (SSSR count). The number of nitrogens with zero attached hydrogens (tertiary/aromatic N) is 2. The molecule has 168 valence electrons. The smallest absolute Gasteiger partial charge is 0.340 e. The fraction of sp³-hybridized carbons (Fsp3) is 0.560.